The maximum absolute atomic E-state index is 8.56. The van der Waals surface area contributed by atoms with Gasteiger partial charge in [-0.2, -0.15) is 11.8 Å². The van der Waals surface area contributed by atoms with Crippen molar-refractivity contribution in [2.45, 2.75) is 36.7 Å². The van der Waals surface area contributed by atoms with Crippen molar-refractivity contribution >= 4 is 17.6 Å². The molecular formula is C13H18N2OS. The quantitative estimate of drug-likeness (QED) is 0.374. The molecule has 2 rings (SSSR count). The molecule has 3 N–H and O–H groups in total. The fourth-order valence-corrected chi connectivity index (χ4v) is 3.39. The van der Waals surface area contributed by atoms with Crippen LogP contribution in [-0.2, 0) is 5.75 Å². The van der Waals surface area contributed by atoms with E-state index < -0.39 is 0 Å². The Morgan fingerprint density at radius 3 is 2.53 bits per heavy atom. The van der Waals surface area contributed by atoms with E-state index in [-0.39, 0.29) is 5.84 Å². The van der Waals surface area contributed by atoms with Crippen LogP contribution in [0.1, 0.15) is 36.8 Å². The largest absolute Gasteiger partial charge is 0.409 e. The third-order valence-corrected chi connectivity index (χ3v) is 4.59. The lowest BCUT2D eigenvalue weighted by Gasteiger charge is -2.08. The molecule has 1 aliphatic rings. The summed E-state index contributed by atoms with van der Waals surface area (Å²) in [6.07, 6.45) is 5.51. The Morgan fingerprint density at radius 2 is 1.94 bits per heavy atom. The molecule has 1 saturated carbocycles. The molecule has 0 aromatic heterocycles. The van der Waals surface area contributed by atoms with Gasteiger partial charge in [-0.05, 0) is 18.4 Å². The molecule has 1 fully saturated rings. The van der Waals surface area contributed by atoms with E-state index in [0.717, 1.165) is 16.6 Å². The van der Waals surface area contributed by atoms with E-state index in [0.29, 0.717) is 0 Å². The van der Waals surface area contributed by atoms with Crippen LogP contribution >= 0.6 is 11.8 Å². The van der Waals surface area contributed by atoms with E-state index in [1.54, 1.807) is 0 Å². The molecule has 1 aromatic rings. The number of hydrogen-bond donors (Lipinski definition) is 2. The average molecular weight is 250 g/mol. The molecule has 0 heterocycles. The van der Waals surface area contributed by atoms with Gasteiger partial charge in [-0.3, -0.25) is 0 Å². The summed E-state index contributed by atoms with van der Waals surface area (Å²) in [5, 5.41) is 12.4. The predicted octanol–water partition coefficient (Wildman–Crippen LogP) is 2.96. The summed E-state index contributed by atoms with van der Waals surface area (Å²) in [5.74, 6) is 1.22. The highest BCUT2D eigenvalue weighted by atomic mass is 32.2. The Kier molecular flexibility index (Phi) is 4.31. The first-order valence-electron chi connectivity index (χ1n) is 5.98. The van der Waals surface area contributed by atoms with E-state index in [9.17, 15) is 0 Å². The molecule has 0 saturated heterocycles. The summed E-state index contributed by atoms with van der Waals surface area (Å²) in [5.41, 5.74) is 7.58. The Labute approximate surface area is 106 Å². The zero-order valence-corrected chi connectivity index (χ0v) is 10.6. The predicted molar refractivity (Wildman–Crippen MR) is 72.5 cm³/mol. The Balaban J connectivity index is 1.89. The van der Waals surface area contributed by atoms with Crippen LogP contribution in [0.25, 0.3) is 0 Å². The number of amidine groups is 1. The fraction of sp³-hybridized carbons (Fsp3) is 0.462. The van der Waals surface area contributed by atoms with E-state index in [1.807, 2.05) is 23.9 Å². The summed E-state index contributed by atoms with van der Waals surface area (Å²) >= 11 is 2.05. The number of nitrogens with zero attached hydrogens (tertiary/aromatic N) is 1. The minimum Gasteiger partial charge on any atom is -0.409 e. The fourth-order valence-electron chi connectivity index (χ4n) is 2.10. The highest BCUT2D eigenvalue weighted by Crippen LogP contribution is 2.31. The third-order valence-electron chi connectivity index (χ3n) is 3.15. The zero-order chi connectivity index (χ0) is 12.1. The van der Waals surface area contributed by atoms with E-state index >= 15 is 0 Å². The van der Waals surface area contributed by atoms with Gasteiger partial charge in [-0.15, -0.1) is 0 Å². The number of rotatable bonds is 4. The van der Waals surface area contributed by atoms with Gasteiger partial charge in [-0.25, -0.2) is 0 Å². The van der Waals surface area contributed by atoms with Gasteiger partial charge in [0, 0.05) is 16.6 Å². The molecular weight excluding hydrogens is 232 g/mol. The molecule has 17 heavy (non-hydrogen) atoms. The maximum atomic E-state index is 8.56. The molecule has 0 aliphatic heterocycles. The van der Waals surface area contributed by atoms with Crippen LogP contribution in [0.5, 0.6) is 0 Å². The normalized spacial score (nSPS) is 17.5. The monoisotopic (exact) mass is 250 g/mol. The Bertz CT molecular complexity index is 383. The van der Waals surface area contributed by atoms with Crippen LogP contribution in [0, 0.1) is 0 Å². The molecule has 1 aromatic carbocycles. The van der Waals surface area contributed by atoms with Crippen molar-refractivity contribution in [2.75, 3.05) is 0 Å². The molecule has 0 amide bonds. The first-order chi connectivity index (χ1) is 8.29. The van der Waals surface area contributed by atoms with Crippen LogP contribution in [0.4, 0.5) is 0 Å². The summed E-state index contributed by atoms with van der Waals surface area (Å²) in [6, 6.07) is 7.91. The van der Waals surface area contributed by atoms with Crippen molar-refractivity contribution in [3.8, 4) is 0 Å². The molecule has 0 bridgehead atoms. The van der Waals surface area contributed by atoms with Crippen molar-refractivity contribution in [3.63, 3.8) is 0 Å². The summed E-state index contributed by atoms with van der Waals surface area (Å²) in [4.78, 5) is 0. The lowest BCUT2D eigenvalue weighted by atomic mass is 10.1. The van der Waals surface area contributed by atoms with Gasteiger partial charge in [0.2, 0.25) is 0 Å². The third kappa shape index (κ3) is 3.40. The second kappa shape index (κ2) is 5.96. The molecule has 92 valence electrons. The van der Waals surface area contributed by atoms with Crippen LogP contribution in [-0.4, -0.2) is 16.3 Å². The van der Waals surface area contributed by atoms with Crippen LogP contribution in [0.15, 0.2) is 29.4 Å². The number of nitrogens with two attached hydrogens (primary N) is 1. The van der Waals surface area contributed by atoms with Crippen molar-refractivity contribution in [1.29, 1.82) is 0 Å². The summed E-state index contributed by atoms with van der Waals surface area (Å²) in [6.45, 7) is 0. The first-order valence-corrected chi connectivity index (χ1v) is 7.03. The Morgan fingerprint density at radius 1 is 1.29 bits per heavy atom. The SMILES string of the molecule is NC(=NO)c1ccc(CSC2CCCC2)cc1. The number of hydrogen-bond acceptors (Lipinski definition) is 3. The minimum atomic E-state index is 0.167. The van der Waals surface area contributed by atoms with Gasteiger partial charge < -0.3 is 10.9 Å². The van der Waals surface area contributed by atoms with Gasteiger partial charge in [0.25, 0.3) is 0 Å². The minimum absolute atomic E-state index is 0.167. The van der Waals surface area contributed by atoms with E-state index in [4.69, 9.17) is 10.9 Å². The van der Waals surface area contributed by atoms with E-state index in [1.165, 1.54) is 31.2 Å². The lowest BCUT2D eigenvalue weighted by molar-refractivity contribution is 0.318. The molecule has 0 spiro atoms. The van der Waals surface area contributed by atoms with Crippen molar-refractivity contribution < 1.29 is 5.21 Å². The molecule has 1 aliphatic carbocycles. The second-order valence-electron chi connectivity index (χ2n) is 4.40. The smallest absolute Gasteiger partial charge is 0.170 e. The zero-order valence-electron chi connectivity index (χ0n) is 9.80. The van der Waals surface area contributed by atoms with Gasteiger partial charge in [0.05, 0.1) is 0 Å². The van der Waals surface area contributed by atoms with Gasteiger partial charge in [0.15, 0.2) is 5.84 Å². The van der Waals surface area contributed by atoms with Crippen LogP contribution in [0.3, 0.4) is 0 Å². The Hall–Kier alpha value is -1.16. The van der Waals surface area contributed by atoms with Crippen LogP contribution in [0.2, 0.25) is 0 Å². The van der Waals surface area contributed by atoms with Crippen molar-refractivity contribution in [3.05, 3.63) is 35.4 Å². The number of oxime groups is 1. The van der Waals surface area contributed by atoms with Crippen molar-refractivity contribution in [2.24, 2.45) is 10.9 Å². The first kappa shape index (κ1) is 12.3. The average Bonchev–Trinajstić information content (AvgIpc) is 2.89. The van der Waals surface area contributed by atoms with Gasteiger partial charge in [-0.1, -0.05) is 42.3 Å². The second-order valence-corrected chi connectivity index (χ2v) is 5.69. The standard InChI is InChI=1S/C13H18N2OS/c14-13(15-16)11-7-5-10(6-8-11)9-17-12-3-1-2-4-12/h5-8,12,16H,1-4,9H2,(H2,14,15). The van der Waals surface area contributed by atoms with Gasteiger partial charge in [0.1, 0.15) is 0 Å². The molecule has 0 unspecified atom stereocenters. The molecule has 4 heteroatoms. The highest BCUT2D eigenvalue weighted by Gasteiger charge is 2.14. The summed E-state index contributed by atoms with van der Waals surface area (Å²) < 4.78 is 0. The topological polar surface area (TPSA) is 58.6 Å². The highest BCUT2D eigenvalue weighted by molar-refractivity contribution is 7.99. The lowest BCUT2D eigenvalue weighted by Crippen LogP contribution is -2.12. The maximum Gasteiger partial charge on any atom is 0.170 e. The van der Waals surface area contributed by atoms with E-state index in [2.05, 4.69) is 17.3 Å². The van der Waals surface area contributed by atoms with Crippen molar-refractivity contribution in [1.82, 2.24) is 0 Å². The number of benzene rings is 1. The van der Waals surface area contributed by atoms with Crippen LogP contribution < -0.4 is 5.73 Å². The molecule has 0 radical (unpaired) electrons. The molecule has 0 atom stereocenters. The summed E-state index contributed by atoms with van der Waals surface area (Å²) in [7, 11) is 0. The number of thioether (sulfide) groups is 1. The molecule has 3 nitrogen and oxygen atoms in total. The van der Waals surface area contributed by atoms with Gasteiger partial charge >= 0.3 is 0 Å².